The van der Waals surface area contributed by atoms with E-state index in [1.54, 1.807) is 0 Å². The molecule has 2 aliphatic carbocycles. The summed E-state index contributed by atoms with van der Waals surface area (Å²) >= 11 is 1.34. The van der Waals surface area contributed by atoms with E-state index in [9.17, 15) is 14.1 Å². The van der Waals surface area contributed by atoms with Crippen LogP contribution in [0.15, 0.2) is 32.5 Å². The Morgan fingerprint density at radius 3 is 2.50 bits per heavy atom. The third-order valence-corrected chi connectivity index (χ3v) is 19.5. The fourth-order valence-corrected chi connectivity index (χ4v) is 13.2. The number of aliphatic hydroxyl groups is 1. The maximum Gasteiger partial charge on any atom is 0.193 e. The van der Waals surface area contributed by atoms with Gasteiger partial charge in [-0.1, -0.05) is 52.2 Å². The van der Waals surface area contributed by atoms with Gasteiger partial charge in [0, 0.05) is 11.3 Å². The molecular formula is C30H43NO4S2Si. The van der Waals surface area contributed by atoms with Gasteiger partial charge in [-0.15, -0.1) is 11.3 Å². The van der Waals surface area contributed by atoms with E-state index < -0.39 is 23.6 Å². The first-order valence-corrected chi connectivity index (χ1v) is 19.6. The third-order valence-electron chi connectivity index (χ3n) is 9.21. The van der Waals surface area contributed by atoms with Gasteiger partial charge in [-0.3, -0.25) is 8.82 Å². The van der Waals surface area contributed by atoms with Crippen LogP contribution in [0, 0.1) is 5.92 Å². The fraction of sp³-hybridized carbons (Fsp3) is 0.633. The zero-order valence-corrected chi connectivity index (χ0v) is 26.2. The largest absolute Gasteiger partial charge is 0.379 e. The molecule has 2 fully saturated rings. The van der Waals surface area contributed by atoms with Gasteiger partial charge in [0.25, 0.3) is 0 Å². The van der Waals surface area contributed by atoms with E-state index in [0.29, 0.717) is 10.6 Å². The molecule has 1 saturated heterocycles. The number of hydrogen-bond donors (Lipinski definition) is 1. The number of fused-ring (bicyclic) bond motifs is 1. The van der Waals surface area contributed by atoms with Crippen molar-refractivity contribution in [3.63, 3.8) is 0 Å². The summed E-state index contributed by atoms with van der Waals surface area (Å²) in [5, 5.41) is 10.7. The molecule has 0 bridgehead atoms. The smallest absolute Gasteiger partial charge is 0.193 e. The van der Waals surface area contributed by atoms with E-state index >= 15 is 0 Å². The number of benzene rings is 1. The number of nitrogens with zero attached hydrogens (tertiary/aromatic N) is 1. The molecule has 1 aromatic carbocycles. The Bertz CT molecular complexity index is 1340. The van der Waals surface area contributed by atoms with Crippen LogP contribution in [-0.2, 0) is 50.5 Å². The van der Waals surface area contributed by atoms with Crippen LogP contribution >= 0.6 is 11.3 Å². The van der Waals surface area contributed by atoms with Gasteiger partial charge >= 0.3 is 0 Å². The first kappa shape index (κ1) is 28.2. The highest BCUT2D eigenvalue weighted by molar-refractivity contribution is 7.97. The van der Waals surface area contributed by atoms with E-state index in [1.165, 1.54) is 52.9 Å². The fourth-order valence-electron chi connectivity index (χ4n) is 5.51. The maximum atomic E-state index is 14.8. The van der Waals surface area contributed by atoms with Gasteiger partial charge in [0.2, 0.25) is 0 Å². The van der Waals surface area contributed by atoms with Crippen molar-refractivity contribution in [2.75, 3.05) is 19.0 Å². The van der Waals surface area contributed by atoms with Crippen molar-refractivity contribution in [3.8, 4) is 0 Å². The summed E-state index contributed by atoms with van der Waals surface area (Å²) in [6, 6.07) is 8.21. The van der Waals surface area contributed by atoms with Gasteiger partial charge in [0.15, 0.2) is 14.0 Å². The number of thiophene rings is 1. The zero-order valence-electron chi connectivity index (χ0n) is 23.6. The average molecular weight is 574 g/mol. The zero-order chi connectivity index (χ0) is 27.3. The van der Waals surface area contributed by atoms with Gasteiger partial charge in [-0.25, -0.2) is 4.21 Å². The van der Waals surface area contributed by atoms with Gasteiger partial charge in [-0.2, -0.15) is 0 Å². The number of carbonyl (C=O) groups is 1. The molecule has 0 radical (unpaired) electrons. The van der Waals surface area contributed by atoms with Crippen LogP contribution in [0.2, 0.25) is 18.1 Å². The summed E-state index contributed by atoms with van der Waals surface area (Å²) in [6.07, 6.45) is 8.52. The van der Waals surface area contributed by atoms with Crippen LogP contribution in [0.5, 0.6) is 0 Å². The van der Waals surface area contributed by atoms with Crippen molar-refractivity contribution in [2.45, 2.75) is 100 Å². The molecule has 5 rings (SSSR count). The number of hydrogen-bond acceptors (Lipinski definition) is 6. The Morgan fingerprint density at radius 2 is 1.89 bits per heavy atom. The highest BCUT2D eigenvalue weighted by Crippen LogP contribution is 2.41. The van der Waals surface area contributed by atoms with Crippen molar-refractivity contribution in [2.24, 2.45) is 9.95 Å². The van der Waals surface area contributed by atoms with Crippen molar-refractivity contribution >= 4 is 35.1 Å². The van der Waals surface area contributed by atoms with Crippen LogP contribution in [0.25, 0.3) is 0 Å². The van der Waals surface area contributed by atoms with E-state index in [0.717, 1.165) is 36.5 Å². The van der Waals surface area contributed by atoms with Crippen molar-refractivity contribution < 1.29 is 18.8 Å². The molecule has 1 aromatic heterocycles. The molecule has 0 spiro atoms. The summed E-state index contributed by atoms with van der Waals surface area (Å²) in [5.41, 5.74) is 4.26. The normalized spacial score (nSPS) is 20.8. The molecule has 8 heteroatoms. The summed E-state index contributed by atoms with van der Waals surface area (Å²) in [4.78, 5) is 14.6. The number of aryl methyl sites for hydroxylation is 1. The minimum absolute atomic E-state index is 0.00765. The molecule has 5 nitrogen and oxygen atoms in total. The summed E-state index contributed by atoms with van der Waals surface area (Å²) in [6.45, 7) is 11.2. The number of carbonyl (C=O) groups excluding carboxylic acids is 1. The molecule has 1 N–H and O–H groups in total. The van der Waals surface area contributed by atoms with Crippen molar-refractivity contribution in [1.82, 2.24) is 0 Å². The topological polar surface area (TPSA) is 76.0 Å². The van der Waals surface area contributed by atoms with Crippen LogP contribution < -0.4 is 0 Å². The molecular weight excluding hydrogens is 531 g/mol. The second-order valence-corrected chi connectivity index (χ2v) is 21.9. The molecule has 1 unspecified atom stereocenters. The molecule has 0 amide bonds. The molecule has 2 aromatic rings. The predicted octanol–water partition coefficient (Wildman–Crippen LogP) is 6.44. The lowest BCUT2D eigenvalue weighted by atomic mass is 9.79. The average Bonchev–Trinajstić information content (AvgIpc) is 3.45. The maximum absolute atomic E-state index is 14.8. The van der Waals surface area contributed by atoms with Crippen LogP contribution in [-0.4, -0.2) is 42.3 Å². The highest BCUT2D eigenvalue weighted by atomic mass is 32.2. The van der Waals surface area contributed by atoms with Gasteiger partial charge in [0.1, 0.15) is 5.60 Å². The van der Waals surface area contributed by atoms with E-state index in [2.05, 4.69) is 46.0 Å². The lowest BCUT2D eigenvalue weighted by Crippen LogP contribution is -2.45. The molecule has 1 atom stereocenters. The van der Waals surface area contributed by atoms with Crippen molar-refractivity contribution in [3.05, 3.63) is 51.4 Å². The highest BCUT2D eigenvalue weighted by Gasteiger charge is 2.41. The van der Waals surface area contributed by atoms with Crippen LogP contribution in [0.3, 0.4) is 0 Å². The quantitative estimate of drug-likeness (QED) is 0.350. The molecule has 38 heavy (non-hydrogen) atoms. The van der Waals surface area contributed by atoms with Crippen molar-refractivity contribution in [1.29, 1.82) is 0 Å². The first-order chi connectivity index (χ1) is 17.8. The predicted molar refractivity (Wildman–Crippen MR) is 158 cm³/mol. The number of ketones is 1. The Kier molecular flexibility index (Phi) is 7.61. The Morgan fingerprint density at radius 1 is 1.16 bits per heavy atom. The van der Waals surface area contributed by atoms with Gasteiger partial charge in [-0.05, 0) is 84.1 Å². The molecule has 208 valence electrons. The third kappa shape index (κ3) is 5.48. The molecule has 3 aliphatic rings. The van der Waals surface area contributed by atoms with Crippen LogP contribution in [0.4, 0.5) is 0 Å². The van der Waals surface area contributed by atoms with E-state index in [1.807, 2.05) is 12.1 Å². The monoisotopic (exact) mass is 573 g/mol. The summed E-state index contributed by atoms with van der Waals surface area (Å²) in [5.74, 6) is 0.668. The molecule has 2 heterocycles. The second kappa shape index (κ2) is 10.3. The van der Waals surface area contributed by atoms with E-state index in [-0.39, 0.29) is 29.8 Å². The number of Topliss-reactive ketones (excluding diaryl/α,β-unsaturated/α-hetero) is 1. The SMILES string of the molecule is CC(C)(C)[Si](C)(C)N=S(=O)(CC(=O)Cc1c(CC2CCC2)ccc2c1CCC2)c1ccc(C2(O)COC2)s1. The summed E-state index contributed by atoms with van der Waals surface area (Å²) < 4.78 is 25.8. The molecule has 1 aliphatic heterocycles. The van der Waals surface area contributed by atoms with Crippen LogP contribution in [0.1, 0.15) is 73.6 Å². The number of rotatable bonds is 9. The lowest BCUT2D eigenvalue weighted by molar-refractivity contribution is -0.182. The Labute approximate surface area is 233 Å². The minimum Gasteiger partial charge on any atom is -0.379 e. The standard InChI is InChI=1S/C30H43NO4S2Si/c1-29(2,3)38(4,5)31-37(34,28-15-14-27(36-28)30(33)19-35-20-30)18-24(32)17-26-23(16-21-8-6-9-21)13-12-22-10-7-11-25(22)26/h12-15,21,33H,6-11,16-20H2,1-5H3. The van der Waals surface area contributed by atoms with E-state index in [4.69, 9.17) is 8.77 Å². The Hall–Kier alpha value is -1.32. The summed E-state index contributed by atoms with van der Waals surface area (Å²) in [7, 11) is -5.33. The Balaban J connectivity index is 1.48. The second-order valence-electron chi connectivity index (χ2n) is 13.2. The molecule has 1 saturated carbocycles. The lowest BCUT2D eigenvalue weighted by Gasteiger charge is -2.35. The first-order valence-electron chi connectivity index (χ1n) is 14.1. The van der Waals surface area contributed by atoms with Gasteiger partial charge < -0.3 is 9.84 Å². The number of ether oxygens (including phenoxy) is 1. The minimum atomic E-state index is -2.99. The van der Waals surface area contributed by atoms with Gasteiger partial charge in [0.05, 0.1) is 32.9 Å².